The van der Waals surface area contributed by atoms with E-state index in [1.807, 2.05) is 6.07 Å². The van der Waals surface area contributed by atoms with Crippen LogP contribution in [-0.4, -0.2) is 0 Å². The first-order valence-corrected chi connectivity index (χ1v) is 5.57. The summed E-state index contributed by atoms with van der Waals surface area (Å²) in [5.41, 5.74) is -0.376. The van der Waals surface area contributed by atoms with Gasteiger partial charge in [-0.2, -0.15) is 0 Å². The number of hydrogen-bond acceptors (Lipinski definition) is 4. The van der Waals surface area contributed by atoms with Crippen molar-refractivity contribution in [2.45, 2.75) is 0 Å². The molecule has 0 aliphatic rings. The van der Waals surface area contributed by atoms with Gasteiger partial charge in [-0.3, -0.25) is 4.79 Å². The second-order valence-electron chi connectivity index (χ2n) is 3.40. The molecule has 0 saturated heterocycles. The predicted molar refractivity (Wildman–Crippen MR) is 64.1 cm³/mol. The molecule has 16 heavy (non-hydrogen) atoms. The number of benzene rings is 1. The van der Waals surface area contributed by atoms with Crippen molar-refractivity contribution >= 4 is 32.9 Å². The maximum Gasteiger partial charge on any atom is 0.343 e. The first kappa shape index (κ1) is 9.30. The standard InChI is InChI=1S/C12H6O3S/c13-11-9-1-2-10-8(4-6-16-12(10)14)7(9)3-5-15-11/h1-6H. The highest BCUT2D eigenvalue weighted by Crippen LogP contribution is 2.21. The van der Waals surface area contributed by atoms with Crippen LogP contribution in [-0.2, 0) is 0 Å². The van der Waals surface area contributed by atoms with Gasteiger partial charge in [0.25, 0.3) is 0 Å². The fraction of sp³-hybridized carbons (Fsp3) is 0. The third kappa shape index (κ3) is 1.20. The minimum Gasteiger partial charge on any atom is -0.431 e. The monoisotopic (exact) mass is 230 g/mol. The summed E-state index contributed by atoms with van der Waals surface area (Å²) in [6.45, 7) is 0. The van der Waals surface area contributed by atoms with Crippen LogP contribution in [0.3, 0.4) is 0 Å². The molecular weight excluding hydrogens is 224 g/mol. The van der Waals surface area contributed by atoms with Gasteiger partial charge in [0.15, 0.2) is 0 Å². The van der Waals surface area contributed by atoms with E-state index in [-0.39, 0.29) is 10.4 Å². The zero-order valence-electron chi connectivity index (χ0n) is 8.10. The molecule has 2 aromatic heterocycles. The molecule has 0 aliphatic heterocycles. The smallest absolute Gasteiger partial charge is 0.343 e. The van der Waals surface area contributed by atoms with E-state index in [1.54, 1.807) is 23.6 Å². The molecule has 2 heterocycles. The molecule has 0 N–H and O–H groups in total. The topological polar surface area (TPSA) is 47.3 Å². The third-order valence-electron chi connectivity index (χ3n) is 2.55. The summed E-state index contributed by atoms with van der Waals surface area (Å²) in [7, 11) is 0. The van der Waals surface area contributed by atoms with Gasteiger partial charge in [-0.1, -0.05) is 0 Å². The summed E-state index contributed by atoms with van der Waals surface area (Å²) >= 11 is 1.15. The summed E-state index contributed by atoms with van der Waals surface area (Å²) in [4.78, 5) is 23.1. The van der Waals surface area contributed by atoms with Crippen molar-refractivity contribution in [3.63, 3.8) is 0 Å². The lowest BCUT2D eigenvalue weighted by Gasteiger charge is -2.00. The Hall–Kier alpha value is -1.94. The molecule has 3 nitrogen and oxygen atoms in total. The van der Waals surface area contributed by atoms with Crippen LogP contribution >= 0.6 is 11.3 Å². The Morgan fingerprint density at radius 2 is 1.62 bits per heavy atom. The molecule has 1 aromatic carbocycles. The minimum absolute atomic E-state index is 0.00707. The second-order valence-corrected chi connectivity index (χ2v) is 4.28. The summed E-state index contributed by atoms with van der Waals surface area (Å²) in [5.74, 6) is 0. The lowest BCUT2D eigenvalue weighted by Crippen LogP contribution is -2.00. The van der Waals surface area contributed by atoms with Gasteiger partial charge in [-0.15, -0.1) is 11.3 Å². The Balaban J connectivity index is 2.71. The van der Waals surface area contributed by atoms with Gasteiger partial charge in [0.2, 0.25) is 4.74 Å². The Morgan fingerprint density at radius 3 is 2.50 bits per heavy atom. The molecule has 4 heteroatoms. The van der Waals surface area contributed by atoms with Gasteiger partial charge < -0.3 is 4.42 Å². The quantitative estimate of drug-likeness (QED) is 0.557. The van der Waals surface area contributed by atoms with E-state index in [4.69, 9.17) is 4.42 Å². The predicted octanol–water partition coefficient (Wildman–Crippen LogP) is 2.37. The average molecular weight is 230 g/mol. The summed E-state index contributed by atoms with van der Waals surface area (Å²) in [6.07, 6.45) is 1.35. The van der Waals surface area contributed by atoms with Crippen molar-refractivity contribution in [2.75, 3.05) is 0 Å². The van der Waals surface area contributed by atoms with Crippen LogP contribution in [0.2, 0.25) is 0 Å². The molecule has 3 aromatic rings. The molecule has 0 spiro atoms. The van der Waals surface area contributed by atoms with E-state index >= 15 is 0 Å². The Morgan fingerprint density at radius 1 is 0.875 bits per heavy atom. The van der Waals surface area contributed by atoms with Gasteiger partial charge >= 0.3 is 5.63 Å². The fourth-order valence-corrected chi connectivity index (χ4v) is 2.44. The molecule has 0 saturated carbocycles. The van der Waals surface area contributed by atoms with Gasteiger partial charge in [0.1, 0.15) is 0 Å². The van der Waals surface area contributed by atoms with E-state index < -0.39 is 0 Å². The van der Waals surface area contributed by atoms with Crippen molar-refractivity contribution < 1.29 is 4.42 Å². The number of fused-ring (bicyclic) bond motifs is 3. The molecule has 78 valence electrons. The highest BCUT2D eigenvalue weighted by Gasteiger charge is 2.05. The van der Waals surface area contributed by atoms with Gasteiger partial charge in [0.05, 0.1) is 11.6 Å². The van der Waals surface area contributed by atoms with Crippen LogP contribution in [0, 0.1) is 0 Å². The summed E-state index contributed by atoms with van der Waals surface area (Å²) in [5, 5.41) is 4.45. The normalized spacial score (nSPS) is 11.0. The second kappa shape index (κ2) is 3.28. The third-order valence-corrected chi connectivity index (χ3v) is 3.25. The van der Waals surface area contributed by atoms with Crippen LogP contribution in [0.4, 0.5) is 0 Å². The molecule has 0 fully saturated rings. The van der Waals surface area contributed by atoms with Crippen molar-refractivity contribution in [1.82, 2.24) is 0 Å². The molecule has 0 radical (unpaired) electrons. The molecule has 0 bridgehead atoms. The van der Waals surface area contributed by atoms with Crippen molar-refractivity contribution in [3.05, 3.63) is 55.9 Å². The molecular formula is C12H6O3S. The first-order valence-electron chi connectivity index (χ1n) is 4.69. The van der Waals surface area contributed by atoms with Crippen molar-refractivity contribution in [2.24, 2.45) is 0 Å². The van der Waals surface area contributed by atoms with Gasteiger partial charge in [0, 0.05) is 10.8 Å². The van der Waals surface area contributed by atoms with Crippen LogP contribution in [0.25, 0.3) is 21.5 Å². The Bertz CT molecular complexity index is 730. The molecule has 0 aliphatic carbocycles. The molecule has 0 amide bonds. The number of hydrogen-bond donors (Lipinski definition) is 0. The van der Waals surface area contributed by atoms with Crippen molar-refractivity contribution in [1.29, 1.82) is 0 Å². The SMILES string of the molecule is O=c1occc2c1ccc1c(=O)sccc12. The van der Waals surface area contributed by atoms with E-state index in [0.717, 1.165) is 22.1 Å². The highest BCUT2D eigenvalue weighted by atomic mass is 32.1. The lowest BCUT2D eigenvalue weighted by atomic mass is 10.1. The molecule has 0 atom stereocenters. The zero-order valence-corrected chi connectivity index (χ0v) is 8.91. The fourth-order valence-electron chi connectivity index (χ4n) is 1.81. The maximum absolute atomic E-state index is 11.6. The van der Waals surface area contributed by atoms with E-state index in [2.05, 4.69) is 0 Å². The lowest BCUT2D eigenvalue weighted by molar-refractivity contribution is 0.519. The number of rotatable bonds is 0. The largest absolute Gasteiger partial charge is 0.431 e. The van der Waals surface area contributed by atoms with Gasteiger partial charge in [-0.05, 0) is 35.0 Å². The summed E-state index contributed by atoms with van der Waals surface area (Å²) in [6, 6.07) is 6.87. The Labute approximate surface area is 93.6 Å². The summed E-state index contributed by atoms with van der Waals surface area (Å²) < 4.78 is 4.80. The van der Waals surface area contributed by atoms with Crippen LogP contribution in [0.1, 0.15) is 0 Å². The Kier molecular flexibility index (Phi) is 1.91. The average Bonchev–Trinajstić information content (AvgIpc) is 2.30. The van der Waals surface area contributed by atoms with Crippen LogP contribution in [0.5, 0.6) is 0 Å². The first-order chi connectivity index (χ1) is 7.77. The minimum atomic E-state index is -0.376. The van der Waals surface area contributed by atoms with E-state index in [1.165, 1.54) is 6.26 Å². The van der Waals surface area contributed by atoms with Gasteiger partial charge in [-0.25, -0.2) is 4.79 Å². The van der Waals surface area contributed by atoms with Crippen LogP contribution in [0.15, 0.2) is 49.9 Å². The molecule has 0 unspecified atom stereocenters. The molecule has 3 rings (SSSR count). The highest BCUT2D eigenvalue weighted by molar-refractivity contribution is 7.07. The van der Waals surface area contributed by atoms with E-state index in [9.17, 15) is 9.59 Å². The maximum atomic E-state index is 11.6. The van der Waals surface area contributed by atoms with Crippen LogP contribution < -0.4 is 10.4 Å². The van der Waals surface area contributed by atoms with E-state index in [0.29, 0.717) is 10.8 Å². The zero-order chi connectivity index (χ0) is 11.1. The van der Waals surface area contributed by atoms with Crippen molar-refractivity contribution in [3.8, 4) is 0 Å².